The number of H-pyrrole nitrogens is 2. The van der Waals surface area contributed by atoms with Gasteiger partial charge in [-0.25, -0.2) is 4.98 Å². The highest BCUT2D eigenvalue weighted by Crippen LogP contribution is 2.21. The summed E-state index contributed by atoms with van der Waals surface area (Å²) in [7, 11) is 1.69. The lowest BCUT2D eigenvalue weighted by molar-refractivity contribution is 0.0711. The van der Waals surface area contributed by atoms with Crippen molar-refractivity contribution in [1.29, 1.82) is 0 Å². The summed E-state index contributed by atoms with van der Waals surface area (Å²) < 4.78 is 0. The van der Waals surface area contributed by atoms with Crippen LogP contribution in [0.1, 0.15) is 43.8 Å². The van der Waals surface area contributed by atoms with E-state index in [0.717, 1.165) is 5.56 Å². The third-order valence-electron chi connectivity index (χ3n) is 4.82. The Morgan fingerprint density at radius 3 is 2.45 bits per heavy atom. The molecule has 8 heteroatoms. The predicted molar refractivity (Wildman–Crippen MR) is 109 cm³/mol. The van der Waals surface area contributed by atoms with Gasteiger partial charge in [0.15, 0.2) is 0 Å². The number of benzene rings is 1. The summed E-state index contributed by atoms with van der Waals surface area (Å²) in [6.07, 6.45) is 1.48. The van der Waals surface area contributed by atoms with Gasteiger partial charge in [-0.05, 0) is 25.5 Å². The van der Waals surface area contributed by atoms with E-state index in [1.165, 1.54) is 18.5 Å². The van der Waals surface area contributed by atoms with Crippen LogP contribution in [0.3, 0.4) is 0 Å². The maximum absolute atomic E-state index is 12.9. The van der Waals surface area contributed by atoms with Crippen LogP contribution in [0.15, 0.2) is 53.6 Å². The molecule has 3 N–H and O–H groups in total. The topological polar surface area (TPSA) is 111 Å². The van der Waals surface area contributed by atoms with Crippen LogP contribution in [0.2, 0.25) is 0 Å². The van der Waals surface area contributed by atoms with E-state index in [4.69, 9.17) is 0 Å². The number of amides is 2. The number of nitrogens with one attached hydrogen (secondary N) is 3. The summed E-state index contributed by atoms with van der Waals surface area (Å²) in [6.45, 7) is 3.65. The van der Waals surface area contributed by atoms with Gasteiger partial charge in [0.1, 0.15) is 5.69 Å². The molecule has 0 spiro atoms. The van der Waals surface area contributed by atoms with Gasteiger partial charge >= 0.3 is 0 Å². The number of hydrogen-bond acceptors (Lipinski definition) is 4. The van der Waals surface area contributed by atoms with Crippen molar-refractivity contribution in [3.05, 3.63) is 87.4 Å². The van der Waals surface area contributed by atoms with Gasteiger partial charge in [-0.1, -0.05) is 30.3 Å². The lowest BCUT2D eigenvalue weighted by Gasteiger charge is -2.28. The summed E-state index contributed by atoms with van der Waals surface area (Å²) in [5, 5.41) is 2.87. The molecule has 1 unspecified atom stereocenters. The lowest BCUT2D eigenvalue weighted by Crippen LogP contribution is -2.39. The summed E-state index contributed by atoms with van der Waals surface area (Å²) >= 11 is 0. The molecule has 2 aromatic heterocycles. The predicted octanol–water partition coefficient (Wildman–Crippen LogP) is 1.96. The Kier molecular flexibility index (Phi) is 5.92. The molecule has 3 rings (SSSR count). The molecule has 3 aromatic rings. The minimum Gasteiger partial charge on any atom is -0.350 e. The molecule has 2 amide bonds. The second-order valence-corrected chi connectivity index (χ2v) is 6.79. The van der Waals surface area contributed by atoms with Crippen LogP contribution in [-0.4, -0.2) is 45.3 Å². The molecule has 0 aliphatic heterocycles. The van der Waals surface area contributed by atoms with Crippen molar-refractivity contribution in [2.45, 2.75) is 19.9 Å². The number of rotatable bonds is 6. The molecule has 29 heavy (non-hydrogen) atoms. The Balaban J connectivity index is 1.83. The third-order valence-corrected chi connectivity index (χ3v) is 4.82. The van der Waals surface area contributed by atoms with E-state index in [1.807, 2.05) is 30.3 Å². The standard InChI is InChI=1S/C21H23N5O3/c1-13-16(9-10-18(27)25-13)20(28)22-11-17(15-7-5-4-6-8-15)26(3)21(29)19-14(2)23-12-24-19/h4-10,12,17H,11H2,1-3H3,(H,22,28)(H,23,24)(H,25,27). The molecule has 1 aromatic carbocycles. The van der Waals surface area contributed by atoms with Gasteiger partial charge in [0.25, 0.3) is 11.8 Å². The molecular weight excluding hydrogens is 370 g/mol. The maximum atomic E-state index is 12.9. The van der Waals surface area contributed by atoms with Crippen LogP contribution in [0.4, 0.5) is 0 Å². The number of pyridine rings is 1. The van der Waals surface area contributed by atoms with Gasteiger partial charge in [0.05, 0.1) is 17.9 Å². The SMILES string of the molecule is Cc1[nH]c(=O)ccc1C(=O)NCC(c1ccccc1)N(C)C(=O)c1nc[nH]c1C. The highest BCUT2D eigenvalue weighted by Gasteiger charge is 2.26. The summed E-state index contributed by atoms with van der Waals surface area (Å²) in [5.74, 6) is -0.566. The fourth-order valence-corrected chi connectivity index (χ4v) is 3.15. The number of imidazole rings is 1. The average molecular weight is 393 g/mol. The Labute approximate surface area is 168 Å². The highest BCUT2D eigenvalue weighted by atomic mass is 16.2. The van der Waals surface area contributed by atoms with Gasteiger partial charge < -0.3 is 20.2 Å². The average Bonchev–Trinajstić information content (AvgIpc) is 3.14. The zero-order valence-corrected chi connectivity index (χ0v) is 16.5. The number of aryl methyl sites for hydroxylation is 2. The Bertz CT molecular complexity index is 1070. The molecule has 8 nitrogen and oxygen atoms in total. The van der Waals surface area contributed by atoms with Crippen LogP contribution in [0.25, 0.3) is 0 Å². The first-order chi connectivity index (χ1) is 13.9. The highest BCUT2D eigenvalue weighted by molar-refractivity contribution is 5.95. The van der Waals surface area contributed by atoms with Crippen LogP contribution >= 0.6 is 0 Å². The molecule has 0 radical (unpaired) electrons. The first-order valence-electron chi connectivity index (χ1n) is 9.18. The summed E-state index contributed by atoms with van der Waals surface area (Å²) in [4.78, 5) is 48.1. The van der Waals surface area contributed by atoms with Crippen molar-refractivity contribution >= 4 is 11.8 Å². The monoisotopic (exact) mass is 393 g/mol. The molecular formula is C21H23N5O3. The summed E-state index contributed by atoms with van der Waals surface area (Å²) in [5.41, 5.74) is 2.52. The molecule has 0 saturated heterocycles. The van der Waals surface area contributed by atoms with E-state index in [0.29, 0.717) is 22.6 Å². The van der Waals surface area contributed by atoms with Gasteiger partial charge in [0, 0.05) is 31.0 Å². The lowest BCUT2D eigenvalue weighted by atomic mass is 10.0. The molecule has 2 heterocycles. The molecule has 0 fully saturated rings. The number of carbonyl (C=O) groups excluding carboxylic acids is 2. The Hall–Kier alpha value is -3.68. The zero-order chi connectivity index (χ0) is 21.0. The number of carbonyl (C=O) groups is 2. The fourth-order valence-electron chi connectivity index (χ4n) is 3.15. The summed E-state index contributed by atoms with van der Waals surface area (Å²) in [6, 6.07) is 11.9. The van der Waals surface area contributed by atoms with Gasteiger partial charge in [-0.2, -0.15) is 0 Å². The van der Waals surface area contributed by atoms with E-state index in [-0.39, 0.29) is 23.9 Å². The number of nitrogens with zero attached hydrogens (tertiary/aromatic N) is 2. The molecule has 1 atom stereocenters. The van der Waals surface area contributed by atoms with Crippen LogP contribution in [0.5, 0.6) is 0 Å². The van der Waals surface area contributed by atoms with Crippen LogP contribution in [0, 0.1) is 13.8 Å². The van der Waals surface area contributed by atoms with Crippen LogP contribution in [-0.2, 0) is 0 Å². The van der Waals surface area contributed by atoms with E-state index >= 15 is 0 Å². The number of aromatic nitrogens is 3. The maximum Gasteiger partial charge on any atom is 0.274 e. The molecule has 0 saturated carbocycles. The Morgan fingerprint density at radius 2 is 1.83 bits per heavy atom. The zero-order valence-electron chi connectivity index (χ0n) is 16.5. The normalized spacial score (nSPS) is 11.7. The molecule has 0 aliphatic carbocycles. The first-order valence-corrected chi connectivity index (χ1v) is 9.18. The number of likely N-dealkylation sites (N-methyl/N-ethyl adjacent to an activating group) is 1. The van der Waals surface area contributed by atoms with E-state index in [2.05, 4.69) is 20.3 Å². The number of hydrogen-bond donors (Lipinski definition) is 3. The number of aromatic amines is 2. The van der Waals surface area contributed by atoms with E-state index in [1.54, 1.807) is 25.8 Å². The van der Waals surface area contributed by atoms with Crippen molar-refractivity contribution in [3.8, 4) is 0 Å². The van der Waals surface area contributed by atoms with Crippen molar-refractivity contribution in [3.63, 3.8) is 0 Å². The van der Waals surface area contributed by atoms with Gasteiger partial charge in [-0.3, -0.25) is 14.4 Å². The van der Waals surface area contributed by atoms with Crippen molar-refractivity contribution in [2.24, 2.45) is 0 Å². The van der Waals surface area contributed by atoms with Crippen molar-refractivity contribution in [1.82, 2.24) is 25.2 Å². The van der Waals surface area contributed by atoms with Crippen LogP contribution < -0.4 is 10.9 Å². The van der Waals surface area contributed by atoms with Gasteiger partial charge in [0.2, 0.25) is 5.56 Å². The minimum absolute atomic E-state index is 0.202. The second-order valence-electron chi connectivity index (χ2n) is 6.79. The second kappa shape index (κ2) is 8.55. The molecule has 0 bridgehead atoms. The first kappa shape index (κ1) is 20.1. The molecule has 0 aliphatic rings. The fraction of sp³-hybridized carbons (Fsp3) is 0.238. The molecule has 150 valence electrons. The minimum atomic E-state index is -0.396. The largest absolute Gasteiger partial charge is 0.350 e. The smallest absolute Gasteiger partial charge is 0.274 e. The van der Waals surface area contributed by atoms with Crippen molar-refractivity contribution in [2.75, 3.05) is 13.6 Å². The third kappa shape index (κ3) is 4.43. The van der Waals surface area contributed by atoms with E-state index < -0.39 is 6.04 Å². The quantitative estimate of drug-likeness (QED) is 0.594. The van der Waals surface area contributed by atoms with Crippen molar-refractivity contribution < 1.29 is 9.59 Å². The van der Waals surface area contributed by atoms with Gasteiger partial charge in [-0.15, -0.1) is 0 Å². The Morgan fingerprint density at radius 1 is 1.10 bits per heavy atom. The van der Waals surface area contributed by atoms with E-state index in [9.17, 15) is 14.4 Å².